The van der Waals surface area contributed by atoms with Crippen molar-refractivity contribution in [2.24, 2.45) is 0 Å². The Morgan fingerprint density at radius 1 is 1.40 bits per heavy atom. The molecule has 0 aliphatic rings. The van der Waals surface area contributed by atoms with Crippen LogP contribution in [0.4, 0.5) is 0 Å². The Balaban J connectivity index is 4.03. The molecule has 0 aromatic heterocycles. The summed E-state index contributed by atoms with van der Waals surface area (Å²) in [5, 5.41) is 18.6. The molecule has 0 aromatic rings. The maximum Gasteiger partial charge on any atom is 0.177 e. The minimum atomic E-state index is -1.55. The van der Waals surface area contributed by atoms with Crippen molar-refractivity contribution < 1.29 is 10.2 Å². The van der Waals surface area contributed by atoms with E-state index in [1.807, 2.05) is 14.1 Å². The summed E-state index contributed by atoms with van der Waals surface area (Å²) in [5.74, 6) is -1.55. The Morgan fingerprint density at radius 2 is 1.80 bits per heavy atom. The van der Waals surface area contributed by atoms with Crippen LogP contribution in [0, 0.1) is 0 Å². The van der Waals surface area contributed by atoms with Gasteiger partial charge in [-0.05, 0) is 27.4 Å². The molecule has 0 radical (unpaired) electrons. The summed E-state index contributed by atoms with van der Waals surface area (Å²) in [4.78, 5) is 1.78. The number of aliphatic hydroxyl groups is 2. The highest BCUT2D eigenvalue weighted by Crippen LogP contribution is 2.13. The summed E-state index contributed by atoms with van der Waals surface area (Å²) >= 11 is 0. The normalized spacial score (nSPS) is 15.9. The Hall–Kier alpha value is -0.120. The molecule has 0 rings (SSSR count). The molecule has 0 amide bonds. The van der Waals surface area contributed by atoms with Crippen LogP contribution in [0.2, 0.25) is 0 Å². The first-order valence-corrected chi connectivity index (χ1v) is 3.53. The molecule has 1 atom stereocenters. The standard InChI is InChI=1S/C7H17NO2/c1-5-7(9,10)6(2)8(3)4/h6,9-10H,5H2,1-4H3. The van der Waals surface area contributed by atoms with E-state index in [4.69, 9.17) is 0 Å². The fourth-order valence-corrected chi connectivity index (χ4v) is 0.709. The van der Waals surface area contributed by atoms with Gasteiger partial charge < -0.3 is 15.1 Å². The molecule has 1 unspecified atom stereocenters. The van der Waals surface area contributed by atoms with Crippen molar-refractivity contribution >= 4 is 0 Å². The van der Waals surface area contributed by atoms with Gasteiger partial charge in [-0.2, -0.15) is 0 Å². The lowest BCUT2D eigenvalue weighted by Gasteiger charge is -2.32. The third kappa shape index (κ3) is 2.25. The molecule has 0 heterocycles. The zero-order chi connectivity index (χ0) is 8.36. The summed E-state index contributed by atoms with van der Waals surface area (Å²) in [7, 11) is 3.64. The lowest BCUT2D eigenvalue weighted by molar-refractivity contribution is -0.198. The molecule has 0 aliphatic carbocycles. The first-order chi connectivity index (χ1) is 4.41. The number of hydrogen-bond donors (Lipinski definition) is 2. The molecule has 0 saturated carbocycles. The van der Waals surface area contributed by atoms with E-state index in [2.05, 4.69) is 0 Å². The van der Waals surface area contributed by atoms with Gasteiger partial charge in [-0.25, -0.2) is 0 Å². The molecule has 0 saturated heterocycles. The molecule has 10 heavy (non-hydrogen) atoms. The van der Waals surface area contributed by atoms with Crippen LogP contribution >= 0.6 is 0 Å². The average molecular weight is 147 g/mol. The van der Waals surface area contributed by atoms with Crippen LogP contribution in [0.1, 0.15) is 20.3 Å². The van der Waals surface area contributed by atoms with Gasteiger partial charge in [0, 0.05) is 0 Å². The van der Waals surface area contributed by atoms with Crippen LogP contribution in [0.25, 0.3) is 0 Å². The van der Waals surface area contributed by atoms with Crippen molar-refractivity contribution in [2.75, 3.05) is 14.1 Å². The number of rotatable bonds is 3. The summed E-state index contributed by atoms with van der Waals surface area (Å²) in [6, 6.07) is -0.225. The molecular formula is C7H17NO2. The van der Waals surface area contributed by atoms with E-state index >= 15 is 0 Å². The van der Waals surface area contributed by atoms with Crippen molar-refractivity contribution in [1.82, 2.24) is 4.90 Å². The maximum absolute atomic E-state index is 9.28. The van der Waals surface area contributed by atoms with E-state index in [1.54, 1.807) is 18.7 Å². The van der Waals surface area contributed by atoms with Gasteiger partial charge in [-0.3, -0.25) is 0 Å². The van der Waals surface area contributed by atoms with E-state index in [0.29, 0.717) is 6.42 Å². The fraction of sp³-hybridized carbons (Fsp3) is 1.00. The molecule has 3 nitrogen and oxygen atoms in total. The Morgan fingerprint density at radius 3 is 1.90 bits per heavy atom. The quantitative estimate of drug-likeness (QED) is 0.553. The SMILES string of the molecule is CCC(O)(O)C(C)N(C)C. The first-order valence-electron chi connectivity index (χ1n) is 3.53. The van der Waals surface area contributed by atoms with Gasteiger partial charge in [0.05, 0.1) is 6.04 Å². The van der Waals surface area contributed by atoms with Crippen molar-refractivity contribution in [2.45, 2.75) is 32.1 Å². The van der Waals surface area contributed by atoms with Crippen molar-refractivity contribution in [1.29, 1.82) is 0 Å². The monoisotopic (exact) mass is 147 g/mol. The number of hydrogen-bond acceptors (Lipinski definition) is 3. The van der Waals surface area contributed by atoms with Crippen LogP contribution in [0.15, 0.2) is 0 Å². The van der Waals surface area contributed by atoms with Gasteiger partial charge in [0.2, 0.25) is 0 Å². The van der Waals surface area contributed by atoms with Crippen molar-refractivity contribution in [3.8, 4) is 0 Å². The topological polar surface area (TPSA) is 43.7 Å². The van der Waals surface area contributed by atoms with Crippen LogP contribution < -0.4 is 0 Å². The smallest absolute Gasteiger partial charge is 0.177 e. The van der Waals surface area contributed by atoms with Gasteiger partial charge in [-0.1, -0.05) is 6.92 Å². The second kappa shape index (κ2) is 3.32. The molecule has 0 fully saturated rings. The van der Waals surface area contributed by atoms with E-state index in [-0.39, 0.29) is 6.04 Å². The molecule has 62 valence electrons. The van der Waals surface area contributed by atoms with Gasteiger partial charge in [0.15, 0.2) is 5.79 Å². The Labute approximate surface area is 62.3 Å². The van der Waals surface area contributed by atoms with Crippen molar-refractivity contribution in [3.63, 3.8) is 0 Å². The second-order valence-electron chi connectivity index (χ2n) is 2.87. The summed E-state index contributed by atoms with van der Waals surface area (Å²) < 4.78 is 0. The third-order valence-electron chi connectivity index (χ3n) is 1.96. The fourth-order valence-electron chi connectivity index (χ4n) is 0.709. The maximum atomic E-state index is 9.28. The largest absolute Gasteiger partial charge is 0.364 e. The Bertz CT molecular complexity index is 102. The zero-order valence-corrected chi connectivity index (χ0v) is 7.13. The summed E-state index contributed by atoms with van der Waals surface area (Å²) in [6.45, 7) is 3.53. The van der Waals surface area contributed by atoms with Gasteiger partial charge in [0.25, 0.3) is 0 Å². The third-order valence-corrected chi connectivity index (χ3v) is 1.96. The van der Waals surface area contributed by atoms with Gasteiger partial charge >= 0.3 is 0 Å². The van der Waals surface area contributed by atoms with E-state index in [1.165, 1.54) is 0 Å². The molecular weight excluding hydrogens is 130 g/mol. The molecule has 0 spiro atoms. The summed E-state index contributed by atoms with van der Waals surface area (Å²) in [5.41, 5.74) is 0. The van der Waals surface area contributed by atoms with E-state index < -0.39 is 5.79 Å². The minimum Gasteiger partial charge on any atom is -0.364 e. The number of nitrogens with zero attached hydrogens (tertiary/aromatic N) is 1. The van der Waals surface area contributed by atoms with Gasteiger partial charge in [-0.15, -0.1) is 0 Å². The molecule has 3 heteroatoms. The predicted molar refractivity (Wildman–Crippen MR) is 40.6 cm³/mol. The molecule has 0 bridgehead atoms. The molecule has 0 aliphatic heterocycles. The second-order valence-corrected chi connectivity index (χ2v) is 2.87. The lowest BCUT2D eigenvalue weighted by Crippen LogP contribution is -2.47. The lowest BCUT2D eigenvalue weighted by atomic mass is 10.1. The highest BCUT2D eigenvalue weighted by Gasteiger charge is 2.29. The van der Waals surface area contributed by atoms with Crippen LogP contribution in [0.3, 0.4) is 0 Å². The predicted octanol–water partition coefficient (Wildman–Crippen LogP) is 0.0274. The minimum absolute atomic E-state index is 0.225. The first kappa shape index (κ1) is 9.88. The van der Waals surface area contributed by atoms with Gasteiger partial charge in [0.1, 0.15) is 0 Å². The average Bonchev–Trinajstić information content (AvgIpc) is 1.86. The molecule has 0 aromatic carbocycles. The zero-order valence-electron chi connectivity index (χ0n) is 7.13. The highest BCUT2D eigenvalue weighted by molar-refractivity contribution is 4.75. The van der Waals surface area contributed by atoms with E-state index in [0.717, 1.165) is 0 Å². The van der Waals surface area contributed by atoms with Crippen LogP contribution in [0.5, 0.6) is 0 Å². The van der Waals surface area contributed by atoms with Crippen LogP contribution in [-0.2, 0) is 0 Å². The Kier molecular flexibility index (Phi) is 3.28. The summed E-state index contributed by atoms with van der Waals surface area (Å²) in [6.07, 6.45) is 0.354. The van der Waals surface area contributed by atoms with E-state index in [9.17, 15) is 10.2 Å². The highest BCUT2D eigenvalue weighted by atomic mass is 16.5. The number of likely N-dealkylation sites (N-methyl/N-ethyl adjacent to an activating group) is 1. The van der Waals surface area contributed by atoms with Crippen LogP contribution in [-0.4, -0.2) is 41.0 Å². The molecule has 2 N–H and O–H groups in total. The van der Waals surface area contributed by atoms with Crippen molar-refractivity contribution in [3.05, 3.63) is 0 Å².